The first-order chi connectivity index (χ1) is 10.2. The number of halogens is 2. The second kappa shape index (κ2) is 6.20. The summed E-state index contributed by atoms with van der Waals surface area (Å²) in [5.74, 6) is 0. The van der Waals surface area contributed by atoms with E-state index in [1.54, 1.807) is 36.7 Å². The van der Waals surface area contributed by atoms with Crippen molar-refractivity contribution in [2.24, 2.45) is 0 Å². The Hall–Kier alpha value is -1.08. The van der Waals surface area contributed by atoms with E-state index in [9.17, 15) is 8.42 Å². The van der Waals surface area contributed by atoms with E-state index in [0.29, 0.717) is 33.5 Å². The fraction of sp³-hybridized carbons (Fsp3) is 0.357. The summed E-state index contributed by atoms with van der Waals surface area (Å²) in [5, 5.41) is 5.38. The molecule has 0 aliphatic heterocycles. The van der Waals surface area contributed by atoms with Crippen molar-refractivity contribution in [3.8, 4) is 0 Å². The molecule has 2 rings (SSSR count). The van der Waals surface area contributed by atoms with Crippen LogP contribution in [0, 0.1) is 13.8 Å². The Labute approximate surface area is 140 Å². The number of aryl methyl sites for hydroxylation is 1. The SMILES string of the molecule is Cc1nn(Cc2c(Cl)cccc2Cl)c(C)c1S(=O)(=O)N(C)C. The Bertz CT molecular complexity index is 793. The molecule has 0 radical (unpaired) electrons. The molecule has 0 saturated heterocycles. The van der Waals surface area contributed by atoms with Gasteiger partial charge in [0, 0.05) is 29.7 Å². The molecule has 0 N–H and O–H groups in total. The fourth-order valence-electron chi connectivity index (χ4n) is 2.22. The van der Waals surface area contributed by atoms with Crippen LogP contribution < -0.4 is 0 Å². The highest BCUT2D eigenvalue weighted by Gasteiger charge is 2.26. The van der Waals surface area contributed by atoms with Crippen LogP contribution in [0.5, 0.6) is 0 Å². The molecule has 5 nitrogen and oxygen atoms in total. The van der Waals surface area contributed by atoms with E-state index < -0.39 is 10.0 Å². The van der Waals surface area contributed by atoms with Crippen LogP contribution in [0.2, 0.25) is 10.0 Å². The summed E-state index contributed by atoms with van der Waals surface area (Å²) in [5.41, 5.74) is 1.72. The summed E-state index contributed by atoms with van der Waals surface area (Å²) in [6, 6.07) is 5.25. The van der Waals surface area contributed by atoms with Crippen molar-refractivity contribution in [2.75, 3.05) is 14.1 Å². The van der Waals surface area contributed by atoms with Gasteiger partial charge in [-0.2, -0.15) is 5.10 Å². The van der Waals surface area contributed by atoms with Crippen molar-refractivity contribution in [2.45, 2.75) is 25.3 Å². The van der Waals surface area contributed by atoms with Crippen LogP contribution in [-0.4, -0.2) is 36.6 Å². The van der Waals surface area contributed by atoms with Crippen LogP contribution >= 0.6 is 23.2 Å². The summed E-state index contributed by atoms with van der Waals surface area (Å²) in [4.78, 5) is 0.223. The number of rotatable bonds is 4. The topological polar surface area (TPSA) is 55.2 Å². The molecule has 0 aliphatic rings. The first-order valence-corrected chi connectivity index (χ1v) is 8.75. The lowest BCUT2D eigenvalue weighted by Crippen LogP contribution is -2.23. The minimum Gasteiger partial charge on any atom is -0.264 e. The van der Waals surface area contributed by atoms with Gasteiger partial charge in [0.15, 0.2) is 0 Å². The molecule has 8 heteroatoms. The highest BCUT2D eigenvalue weighted by Crippen LogP contribution is 2.27. The van der Waals surface area contributed by atoms with Crippen molar-refractivity contribution in [3.05, 3.63) is 45.2 Å². The zero-order chi connectivity index (χ0) is 16.7. The minimum absolute atomic E-state index is 0.223. The van der Waals surface area contributed by atoms with E-state index in [1.807, 2.05) is 0 Å². The maximum absolute atomic E-state index is 12.4. The van der Waals surface area contributed by atoms with E-state index in [0.717, 1.165) is 0 Å². The molecule has 2 aromatic rings. The van der Waals surface area contributed by atoms with E-state index in [4.69, 9.17) is 23.2 Å². The van der Waals surface area contributed by atoms with Crippen molar-refractivity contribution in [3.63, 3.8) is 0 Å². The number of hydrogen-bond donors (Lipinski definition) is 0. The molecule has 0 fully saturated rings. The van der Waals surface area contributed by atoms with Crippen LogP contribution in [0.4, 0.5) is 0 Å². The number of nitrogens with zero attached hydrogens (tertiary/aromatic N) is 3. The molecule has 1 heterocycles. The van der Waals surface area contributed by atoms with Gasteiger partial charge in [-0.25, -0.2) is 12.7 Å². The fourth-order valence-corrected chi connectivity index (χ4v) is 4.00. The molecule has 22 heavy (non-hydrogen) atoms. The number of hydrogen-bond acceptors (Lipinski definition) is 3. The Balaban J connectivity index is 2.53. The second-order valence-corrected chi connectivity index (χ2v) is 8.05. The van der Waals surface area contributed by atoms with E-state index in [-0.39, 0.29) is 4.90 Å². The van der Waals surface area contributed by atoms with Gasteiger partial charge in [0.05, 0.1) is 17.9 Å². The highest BCUT2D eigenvalue weighted by molar-refractivity contribution is 7.89. The molecular formula is C14H17Cl2N3O2S. The predicted octanol–water partition coefficient (Wildman–Crippen LogP) is 3.11. The van der Waals surface area contributed by atoms with E-state index in [1.165, 1.54) is 18.4 Å². The Morgan fingerprint density at radius 2 is 1.73 bits per heavy atom. The molecule has 0 bridgehead atoms. The van der Waals surface area contributed by atoms with Crippen LogP contribution in [0.15, 0.2) is 23.1 Å². The predicted molar refractivity (Wildman–Crippen MR) is 88.1 cm³/mol. The van der Waals surface area contributed by atoms with E-state index >= 15 is 0 Å². The molecule has 0 aliphatic carbocycles. The number of aromatic nitrogens is 2. The third-order valence-electron chi connectivity index (χ3n) is 3.42. The Kier molecular flexibility index (Phi) is 4.87. The lowest BCUT2D eigenvalue weighted by Gasteiger charge is -2.12. The lowest BCUT2D eigenvalue weighted by molar-refractivity contribution is 0.519. The van der Waals surface area contributed by atoms with E-state index in [2.05, 4.69) is 5.10 Å². The molecule has 0 spiro atoms. The molecule has 1 aromatic carbocycles. The largest absolute Gasteiger partial charge is 0.264 e. The van der Waals surface area contributed by atoms with Gasteiger partial charge < -0.3 is 0 Å². The summed E-state index contributed by atoms with van der Waals surface area (Å²) < 4.78 is 27.6. The van der Waals surface area contributed by atoms with Crippen LogP contribution in [0.1, 0.15) is 17.0 Å². The Morgan fingerprint density at radius 3 is 2.23 bits per heavy atom. The Morgan fingerprint density at radius 1 is 1.18 bits per heavy atom. The highest BCUT2D eigenvalue weighted by atomic mass is 35.5. The number of benzene rings is 1. The standard InChI is InChI=1S/C14H17Cl2N3O2S/c1-9-14(22(20,21)18(3)4)10(2)19(17-9)8-11-12(15)6-5-7-13(11)16/h5-7H,8H2,1-4H3. The van der Waals surface area contributed by atoms with Gasteiger partial charge in [-0.3, -0.25) is 4.68 Å². The van der Waals surface area contributed by atoms with Crippen LogP contribution in [-0.2, 0) is 16.6 Å². The summed E-state index contributed by atoms with van der Waals surface area (Å²) in [6.45, 7) is 3.71. The van der Waals surface area contributed by atoms with Crippen molar-refractivity contribution in [1.82, 2.24) is 14.1 Å². The monoisotopic (exact) mass is 361 g/mol. The molecule has 0 atom stereocenters. The van der Waals surface area contributed by atoms with Crippen molar-refractivity contribution in [1.29, 1.82) is 0 Å². The smallest absolute Gasteiger partial charge is 0.246 e. The molecule has 120 valence electrons. The average Bonchev–Trinajstić information content (AvgIpc) is 2.69. The third-order valence-corrected chi connectivity index (χ3v) is 6.20. The van der Waals surface area contributed by atoms with Gasteiger partial charge in [0.1, 0.15) is 4.90 Å². The zero-order valence-corrected chi connectivity index (χ0v) is 15.1. The minimum atomic E-state index is -3.55. The maximum atomic E-state index is 12.4. The normalized spacial score (nSPS) is 12.1. The van der Waals surface area contributed by atoms with Crippen molar-refractivity contribution < 1.29 is 8.42 Å². The quantitative estimate of drug-likeness (QED) is 0.840. The van der Waals surface area contributed by atoms with Gasteiger partial charge in [-0.15, -0.1) is 0 Å². The molecular weight excluding hydrogens is 345 g/mol. The molecule has 0 unspecified atom stereocenters. The van der Waals surface area contributed by atoms with Gasteiger partial charge >= 0.3 is 0 Å². The maximum Gasteiger partial charge on any atom is 0.246 e. The van der Waals surface area contributed by atoms with Crippen LogP contribution in [0.25, 0.3) is 0 Å². The summed E-state index contributed by atoms with van der Waals surface area (Å²) >= 11 is 12.3. The third kappa shape index (κ3) is 3.01. The lowest BCUT2D eigenvalue weighted by atomic mass is 10.2. The van der Waals surface area contributed by atoms with Gasteiger partial charge in [-0.05, 0) is 26.0 Å². The zero-order valence-electron chi connectivity index (χ0n) is 12.8. The summed E-state index contributed by atoms with van der Waals surface area (Å²) in [7, 11) is -0.553. The molecule has 0 saturated carbocycles. The second-order valence-electron chi connectivity index (χ2n) is 5.15. The first kappa shape index (κ1) is 17.3. The van der Waals surface area contributed by atoms with Gasteiger partial charge in [0.25, 0.3) is 0 Å². The van der Waals surface area contributed by atoms with Crippen LogP contribution in [0.3, 0.4) is 0 Å². The van der Waals surface area contributed by atoms with Gasteiger partial charge in [0.2, 0.25) is 10.0 Å². The van der Waals surface area contributed by atoms with Gasteiger partial charge in [-0.1, -0.05) is 29.3 Å². The number of sulfonamides is 1. The molecule has 1 aromatic heterocycles. The van der Waals surface area contributed by atoms with Crippen molar-refractivity contribution >= 4 is 33.2 Å². The summed E-state index contributed by atoms with van der Waals surface area (Å²) in [6.07, 6.45) is 0. The first-order valence-electron chi connectivity index (χ1n) is 6.55. The molecule has 0 amide bonds. The average molecular weight is 362 g/mol.